The second-order valence-electron chi connectivity index (χ2n) is 4.54. The maximum absolute atomic E-state index is 11.2. The highest BCUT2D eigenvalue weighted by molar-refractivity contribution is 6.30. The van der Waals surface area contributed by atoms with Crippen molar-refractivity contribution in [2.45, 2.75) is 18.3 Å². The molecule has 0 aliphatic heterocycles. The monoisotopic (exact) mass is 262 g/mol. The van der Waals surface area contributed by atoms with E-state index in [4.69, 9.17) is 11.6 Å². The molecule has 4 nitrogen and oxygen atoms in total. The third kappa shape index (κ3) is 1.69. The number of benzene rings is 1. The number of rotatable bonds is 3. The van der Waals surface area contributed by atoms with Gasteiger partial charge in [-0.2, -0.15) is 5.10 Å². The van der Waals surface area contributed by atoms with Gasteiger partial charge in [0.2, 0.25) is 0 Å². The summed E-state index contributed by atoms with van der Waals surface area (Å²) in [5.74, 6) is -0.739. The van der Waals surface area contributed by atoms with Crippen LogP contribution in [0.5, 0.6) is 0 Å². The first-order chi connectivity index (χ1) is 8.62. The molecule has 0 amide bonds. The van der Waals surface area contributed by atoms with Crippen molar-refractivity contribution in [2.75, 3.05) is 0 Å². The summed E-state index contributed by atoms with van der Waals surface area (Å²) in [6.07, 6.45) is 4.71. The van der Waals surface area contributed by atoms with Crippen molar-refractivity contribution in [2.24, 2.45) is 0 Å². The lowest BCUT2D eigenvalue weighted by Gasteiger charge is -2.10. The minimum atomic E-state index is -0.739. The van der Waals surface area contributed by atoms with Gasteiger partial charge >= 0.3 is 5.97 Å². The lowest BCUT2D eigenvalue weighted by Crippen LogP contribution is -2.19. The Labute approximate surface area is 109 Å². The predicted octanol–water partition coefficient (Wildman–Crippen LogP) is 2.64. The Bertz CT molecular complexity index is 600. The largest absolute Gasteiger partial charge is 0.481 e. The molecule has 1 heterocycles. The molecule has 2 aromatic rings. The molecule has 0 spiro atoms. The predicted molar refractivity (Wildman–Crippen MR) is 67.1 cm³/mol. The van der Waals surface area contributed by atoms with Gasteiger partial charge < -0.3 is 5.11 Å². The summed E-state index contributed by atoms with van der Waals surface area (Å²) in [6, 6.07) is 7.43. The summed E-state index contributed by atoms with van der Waals surface area (Å²) in [5, 5.41) is 13.9. The van der Waals surface area contributed by atoms with Crippen molar-refractivity contribution in [3.8, 4) is 5.69 Å². The van der Waals surface area contributed by atoms with Crippen LogP contribution in [0, 0.1) is 0 Å². The highest BCUT2D eigenvalue weighted by atomic mass is 35.5. The number of carboxylic acid groups (broad SMARTS) is 1. The average molecular weight is 263 g/mol. The van der Waals surface area contributed by atoms with Crippen LogP contribution in [0.25, 0.3) is 5.69 Å². The summed E-state index contributed by atoms with van der Waals surface area (Å²) in [4.78, 5) is 11.2. The van der Waals surface area contributed by atoms with Crippen molar-refractivity contribution in [3.63, 3.8) is 0 Å². The Morgan fingerprint density at radius 1 is 1.33 bits per heavy atom. The number of aromatic nitrogens is 2. The van der Waals surface area contributed by atoms with E-state index in [1.165, 1.54) is 0 Å². The SMILES string of the molecule is O=C(O)C1(c2ccc(-n3cc(Cl)cn3)cc2)CC1. The van der Waals surface area contributed by atoms with E-state index in [0.717, 1.165) is 24.1 Å². The van der Waals surface area contributed by atoms with E-state index in [-0.39, 0.29) is 0 Å². The molecule has 0 saturated heterocycles. The Kier molecular flexibility index (Phi) is 2.41. The van der Waals surface area contributed by atoms with E-state index in [1.807, 2.05) is 24.3 Å². The van der Waals surface area contributed by atoms with Crippen molar-refractivity contribution < 1.29 is 9.90 Å². The molecule has 92 valence electrons. The minimum absolute atomic E-state index is 0.572. The van der Waals surface area contributed by atoms with Crippen LogP contribution in [-0.4, -0.2) is 20.9 Å². The molecule has 0 atom stereocenters. The van der Waals surface area contributed by atoms with Gasteiger partial charge in [0.15, 0.2) is 0 Å². The van der Waals surface area contributed by atoms with Crippen LogP contribution in [0.2, 0.25) is 5.02 Å². The first-order valence-corrected chi connectivity index (χ1v) is 6.04. The van der Waals surface area contributed by atoms with Gasteiger partial charge in [0.05, 0.1) is 22.3 Å². The molecule has 1 fully saturated rings. The second-order valence-corrected chi connectivity index (χ2v) is 4.97. The minimum Gasteiger partial charge on any atom is -0.481 e. The van der Waals surface area contributed by atoms with Crippen LogP contribution in [0.3, 0.4) is 0 Å². The number of carboxylic acids is 1. The Morgan fingerprint density at radius 2 is 2.00 bits per heavy atom. The molecule has 1 aliphatic rings. The van der Waals surface area contributed by atoms with Gasteiger partial charge in [-0.05, 0) is 30.5 Å². The van der Waals surface area contributed by atoms with E-state index < -0.39 is 11.4 Å². The van der Waals surface area contributed by atoms with Gasteiger partial charge in [0.25, 0.3) is 0 Å². The molecule has 0 unspecified atom stereocenters. The number of carbonyl (C=O) groups is 1. The van der Waals surface area contributed by atoms with Gasteiger partial charge in [-0.1, -0.05) is 23.7 Å². The van der Waals surface area contributed by atoms with Gasteiger partial charge in [0.1, 0.15) is 0 Å². The van der Waals surface area contributed by atoms with E-state index in [1.54, 1.807) is 17.1 Å². The summed E-state index contributed by atoms with van der Waals surface area (Å²) in [7, 11) is 0. The average Bonchev–Trinajstić information content (AvgIpc) is 3.07. The molecule has 1 aliphatic carbocycles. The molecule has 0 bridgehead atoms. The van der Waals surface area contributed by atoms with Crippen LogP contribution in [0.1, 0.15) is 18.4 Å². The Balaban J connectivity index is 1.92. The maximum Gasteiger partial charge on any atom is 0.314 e. The van der Waals surface area contributed by atoms with E-state index in [9.17, 15) is 9.90 Å². The summed E-state index contributed by atoms with van der Waals surface area (Å²) < 4.78 is 1.66. The van der Waals surface area contributed by atoms with Crippen molar-refractivity contribution in [1.82, 2.24) is 9.78 Å². The molecule has 5 heteroatoms. The molecule has 18 heavy (non-hydrogen) atoms. The van der Waals surface area contributed by atoms with Crippen molar-refractivity contribution in [1.29, 1.82) is 0 Å². The lowest BCUT2D eigenvalue weighted by molar-refractivity contribution is -0.140. The highest BCUT2D eigenvalue weighted by Gasteiger charge is 2.51. The fourth-order valence-electron chi connectivity index (χ4n) is 2.13. The third-order valence-corrected chi connectivity index (χ3v) is 3.59. The zero-order valence-corrected chi connectivity index (χ0v) is 10.3. The molecule has 3 rings (SSSR count). The zero-order chi connectivity index (χ0) is 12.8. The lowest BCUT2D eigenvalue weighted by atomic mass is 9.96. The molecule has 1 saturated carbocycles. The van der Waals surface area contributed by atoms with Gasteiger partial charge in [-0.15, -0.1) is 0 Å². The van der Waals surface area contributed by atoms with Crippen molar-refractivity contribution in [3.05, 3.63) is 47.2 Å². The standard InChI is InChI=1S/C13H11ClN2O2/c14-10-7-15-16(8-10)11-3-1-9(2-4-11)13(5-6-13)12(17)18/h1-4,7-8H,5-6H2,(H,17,18). The number of hydrogen-bond acceptors (Lipinski definition) is 2. The quantitative estimate of drug-likeness (QED) is 0.925. The van der Waals surface area contributed by atoms with Gasteiger partial charge in [-0.3, -0.25) is 4.79 Å². The molecule has 1 N–H and O–H groups in total. The van der Waals surface area contributed by atoms with Crippen molar-refractivity contribution >= 4 is 17.6 Å². The summed E-state index contributed by atoms with van der Waals surface area (Å²) >= 11 is 5.80. The topological polar surface area (TPSA) is 55.1 Å². The maximum atomic E-state index is 11.2. The fraction of sp³-hybridized carbons (Fsp3) is 0.231. The highest BCUT2D eigenvalue weighted by Crippen LogP contribution is 2.48. The smallest absolute Gasteiger partial charge is 0.314 e. The molecular formula is C13H11ClN2O2. The molecule has 1 aromatic carbocycles. The first kappa shape index (κ1) is 11.3. The van der Waals surface area contributed by atoms with E-state index in [0.29, 0.717) is 5.02 Å². The third-order valence-electron chi connectivity index (χ3n) is 3.39. The van der Waals surface area contributed by atoms with E-state index in [2.05, 4.69) is 5.10 Å². The molecule has 1 aromatic heterocycles. The Morgan fingerprint density at radius 3 is 2.44 bits per heavy atom. The van der Waals surface area contributed by atoms with E-state index >= 15 is 0 Å². The number of nitrogens with zero attached hydrogens (tertiary/aromatic N) is 2. The van der Waals surface area contributed by atoms with Crippen LogP contribution < -0.4 is 0 Å². The summed E-state index contributed by atoms with van der Waals surface area (Å²) in [5.41, 5.74) is 1.07. The van der Waals surface area contributed by atoms with Crippen LogP contribution >= 0.6 is 11.6 Å². The van der Waals surface area contributed by atoms with Crippen LogP contribution in [0.15, 0.2) is 36.7 Å². The molecule has 0 radical (unpaired) electrons. The van der Waals surface area contributed by atoms with Gasteiger partial charge in [-0.25, -0.2) is 4.68 Å². The summed E-state index contributed by atoms with van der Waals surface area (Å²) in [6.45, 7) is 0. The van der Waals surface area contributed by atoms with Crippen LogP contribution in [0.4, 0.5) is 0 Å². The van der Waals surface area contributed by atoms with Crippen LogP contribution in [-0.2, 0) is 10.2 Å². The number of aliphatic carboxylic acids is 1. The second kappa shape index (κ2) is 3.85. The molecular weight excluding hydrogens is 252 g/mol. The number of halogens is 1. The first-order valence-electron chi connectivity index (χ1n) is 5.66. The fourth-order valence-corrected chi connectivity index (χ4v) is 2.26. The normalized spacial score (nSPS) is 16.5. The zero-order valence-electron chi connectivity index (χ0n) is 9.51. The Hall–Kier alpha value is -1.81. The number of hydrogen-bond donors (Lipinski definition) is 1. The van der Waals surface area contributed by atoms with Gasteiger partial charge in [0, 0.05) is 6.20 Å².